The van der Waals surface area contributed by atoms with E-state index in [9.17, 15) is 0 Å². The van der Waals surface area contributed by atoms with Crippen LogP contribution in [0.4, 0.5) is 0 Å². The third-order valence-electron chi connectivity index (χ3n) is 12.0. The van der Waals surface area contributed by atoms with E-state index in [4.69, 9.17) is 4.42 Å². The van der Waals surface area contributed by atoms with E-state index in [1.165, 1.54) is 59.1 Å². The molecule has 0 radical (unpaired) electrons. The van der Waals surface area contributed by atoms with Gasteiger partial charge in [0.2, 0.25) is 0 Å². The number of aromatic nitrogens is 1. The molecule has 1 fully saturated rings. The number of allylic oxidation sites excluding steroid dienone is 1. The van der Waals surface area contributed by atoms with Crippen molar-refractivity contribution >= 4 is 70.4 Å². The van der Waals surface area contributed by atoms with Gasteiger partial charge in [0.25, 0.3) is 0 Å². The van der Waals surface area contributed by atoms with Crippen LogP contribution in [0.2, 0.25) is 0 Å². The van der Waals surface area contributed by atoms with E-state index in [0.29, 0.717) is 0 Å². The third kappa shape index (κ3) is 5.33. The first-order valence-corrected chi connectivity index (χ1v) is 20.6. The molecule has 7 aromatic carbocycles. The van der Waals surface area contributed by atoms with Gasteiger partial charge < -0.3 is 8.98 Å². The molecule has 4 heterocycles. The fourth-order valence-electron chi connectivity index (χ4n) is 9.33. The SMILES string of the molecule is C1=Cc2c(n(-c3ccc4sc5ccc(-c6cccc7c6oc6c(C8NC(c9ccccc9)NC(c9ccccc9)N8)cccc67)cc5c4c3)c3ccccc23)CC1. The Morgan fingerprint density at radius 1 is 0.544 bits per heavy atom. The van der Waals surface area contributed by atoms with Crippen LogP contribution in [0.25, 0.3) is 75.9 Å². The standard InChI is InChI=1S/C51H38N4OS/c1-3-13-31(14-4-1)49-52-50(32-15-5-2-6-16-32)54-51(53-49)40-22-12-21-39-38-20-11-19-35(47(38)56-48(39)40)33-25-27-45-41(29-33)42-30-34(26-28-46(42)57-45)55-43-23-9-7-17-36(43)37-18-8-10-24-44(37)55/h1-9,11-23,25-30,49-54H,10,24H2. The number of furan rings is 1. The van der Waals surface area contributed by atoms with Crippen molar-refractivity contribution in [3.8, 4) is 16.8 Å². The molecule has 1 aliphatic carbocycles. The van der Waals surface area contributed by atoms with Crippen LogP contribution in [0.5, 0.6) is 0 Å². The second-order valence-corrected chi connectivity index (χ2v) is 16.4. The normalized spacial score (nSPS) is 18.3. The molecule has 0 amide bonds. The molecule has 2 aliphatic rings. The summed E-state index contributed by atoms with van der Waals surface area (Å²) in [6.07, 6.45) is 6.43. The van der Waals surface area contributed by atoms with Crippen molar-refractivity contribution in [1.82, 2.24) is 20.5 Å². The van der Waals surface area contributed by atoms with Gasteiger partial charge in [-0.25, -0.2) is 0 Å². The maximum Gasteiger partial charge on any atom is 0.143 e. The van der Waals surface area contributed by atoms with E-state index >= 15 is 0 Å². The minimum atomic E-state index is -0.170. The highest BCUT2D eigenvalue weighted by molar-refractivity contribution is 7.25. The zero-order chi connectivity index (χ0) is 37.5. The number of benzene rings is 7. The van der Waals surface area contributed by atoms with Gasteiger partial charge in [-0.2, -0.15) is 0 Å². The van der Waals surface area contributed by atoms with Crippen LogP contribution >= 0.6 is 11.3 Å². The van der Waals surface area contributed by atoms with Crippen LogP contribution in [0.3, 0.4) is 0 Å². The van der Waals surface area contributed by atoms with Crippen molar-refractivity contribution in [2.75, 3.05) is 0 Å². The molecule has 57 heavy (non-hydrogen) atoms. The van der Waals surface area contributed by atoms with Crippen LogP contribution in [-0.2, 0) is 6.42 Å². The van der Waals surface area contributed by atoms with Crippen molar-refractivity contribution in [1.29, 1.82) is 0 Å². The molecule has 3 N–H and O–H groups in total. The van der Waals surface area contributed by atoms with Crippen LogP contribution in [-0.4, -0.2) is 4.57 Å². The topological polar surface area (TPSA) is 54.2 Å². The Morgan fingerprint density at radius 3 is 1.98 bits per heavy atom. The van der Waals surface area contributed by atoms with E-state index in [0.717, 1.165) is 51.5 Å². The Bertz CT molecular complexity index is 3150. The summed E-state index contributed by atoms with van der Waals surface area (Å²) in [5, 5.41) is 17.6. The van der Waals surface area contributed by atoms with Crippen molar-refractivity contribution in [2.45, 2.75) is 31.3 Å². The van der Waals surface area contributed by atoms with Gasteiger partial charge in [-0.3, -0.25) is 16.0 Å². The monoisotopic (exact) mass is 754 g/mol. The molecule has 10 aromatic rings. The zero-order valence-electron chi connectivity index (χ0n) is 31.1. The first kappa shape index (κ1) is 32.9. The number of hydrogen-bond acceptors (Lipinski definition) is 5. The third-order valence-corrected chi connectivity index (χ3v) is 13.2. The van der Waals surface area contributed by atoms with Gasteiger partial charge in [0.15, 0.2) is 0 Å². The van der Waals surface area contributed by atoms with Gasteiger partial charge in [0.1, 0.15) is 11.2 Å². The van der Waals surface area contributed by atoms with Gasteiger partial charge in [0.05, 0.1) is 24.0 Å². The molecule has 0 bridgehead atoms. The average molecular weight is 755 g/mol. The Labute approximate surface area is 333 Å². The molecule has 0 spiro atoms. The summed E-state index contributed by atoms with van der Waals surface area (Å²) in [6, 6.07) is 57.0. The predicted molar refractivity (Wildman–Crippen MR) is 237 cm³/mol. The summed E-state index contributed by atoms with van der Waals surface area (Å²) in [5.41, 5.74) is 12.8. The van der Waals surface area contributed by atoms with Gasteiger partial charge >= 0.3 is 0 Å². The lowest BCUT2D eigenvalue weighted by Gasteiger charge is -2.39. The number of para-hydroxylation sites is 3. The molecule has 2 atom stereocenters. The summed E-state index contributed by atoms with van der Waals surface area (Å²) in [5.74, 6) is 0. The first-order valence-electron chi connectivity index (χ1n) is 19.8. The highest BCUT2D eigenvalue weighted by Gasteiger charge is 2.31. The second kappa shape index (κ2) is 13.2. The minimum Gasteiger partial charge on any atom is -0.455 e. The zero-order valence-corrected chi connectivity index (χ0v) is 31.9. The summed E-state index contributed by atoms with van der Waals surface area (Å²) < 4.78 is 12.1. The Morgan fingerprint density at radius 2 is 1.19 bits per heavy atom. The number of hydrogen-bond donors (Lipinski definition) is 3. The summed E-state index contributed by atoms with van der Waals surface area (Å²) in [4.78, 5) is 0. The van der Waals surface area contributed by atoms with E-state index in [1.54, 1.807) is 0 Å². The lowest BCUT2D eigenvalue weighted by Crippen LogP contribution is -2.54. The van der Waals surface area contributed by atoms with Crippen molar-refractivity contribution in [3.05, 3.63) is 192 Å². The number of thiophene rings is 1. The first-order chi connectivity index (χ1) is 28.2. The maximum atomic E-state index is 7.04. The number of nitrogens with zero attached hydrogens (tertiary/aromatic N) is 1. The van der Waals surface area contributed by atoms with Crippen molar-refractivity contribution in [2.24, 2.45) is 0 Å². The molecule has 0 saturated carbocycles. The van der Waals surface area contributed by atoms with Crippen LogP contribution < -0.4 is 16.0 Å². The van der Waals surface area contributed by atoms with E-state index < -0.39 is 0 Å². The van der Waals surface area contributed by atoms with E-state index in [2.05, 4.69) is 190 Å². The Kier molecular flexibility index (Phi) is 7.60. The molecule has 12 rings (SSSR count). The lowest BCUT2D eigenvalue weighted by molar-refractivity contribution is 0.203. The van der Waals surface area contributed by atoms with Gasteiger partial charge in [-0.15, -0.1) is 11.3 Å². The number of nitrogens with one attached hydrogen (secondary N) is 3. The fraction of sp³-hybridized carbons (Fsp3) is 0.0980. The summed E-state index contributed by atoms with van der Waals surface area (Å²) >= 11 is 1.86. The van der Waals surface area contributed by atoms with Gasteiger partial charge in [-0.1, -0.05) is 133 Å². The quantitative estimate of drug-likeness (QED) is 0.164. The molecular weight excluding hydrogens is 717 g/mol. The second-order valence-electron chi connectivity index (χ2n) is 15.3. The van der Waals surface area contributed by atoms with Gasteiger partial charge in [0, 0.05) is 64.4 Å². The summed E-state index contributed by atoms with van der Waals surface area (Å²) in [6.45, 7) is 0. The lowest BCUT2D eigenvalue weighted by atomic mass is 9.99. The molecule has 5 nitrogen and oxygen atoms in total. The largest absolute Gasteiger partial charge is 0.455 e. The number of rotatable bonds is 5. The highest BCUT2D eigenvalue weighted by atomic mass is 32.1. The van der Waals surface area contributed by atoms with Crippen LogP contribution in [0.15, 0.2) is 168 Å². The minimum absolute atomic E-state index is 0.0657. The predicted octanol–water partition coefficient (Wildman–Crippen LogP) is 12.7. The van der Waals surface area contributed by atoms with Crippen LogP contribution in [0.1, 0.15) is 52.9 Å². The van der Waals surface area contributed by atoms with Crippen molar-refractivity contribution in [3.63, 3.8) is 0 Å². The molecule has 3 aromatic heterocycles. The molecule has 1 aliphatic heterocycles. The fourth-order valence-corrected chi connectivity index (χ4v) is 10.4. The Hall–Kier alpha value is -6.28. The molecule has 1 saturated heterocycles. The van der Waals surface area contributed by atoms with Crippen LogP contribution in [0, 0.1) is 0 Å². The van der Waals surface area contributed by atoms with Crippen molar-refractivity contribution < 1.29 is 4.42 Å². The molecule has 2 unspecified atom stereocenters. The Balaban J connectivity index is 0.972. The smallest absolute Gasteiger partial charge is 0.143 e. The maximum absolute atomic E-state index is 7.04. The van der Waals surface area contributed by atoms with E-state index in [1.807, 2.05) is 11.3 Å². The molecule has 274 valence electrons. The summed E-state index contributed by atoms with van der Waals surface area (Å²) in [7, 11) is 0. The molecular formula is C51H38N4OS. The average Bonchev–Trinajstić information content (AvgIpc) is 3.96. The highest BCUT2D eigenvalue weighted by Crippen LogP contribution is 2.43. The van der Waals surface area contributed by atoms with Gasteiger partial charge in [-0.05, 0) is 65.9 Å². The number of fused-ring (bicyclic) bond motifs is 9. The molecule has 6 heteroatoms. The van der Waals surface area contributed by atoms with E-state index in [-0.39, 0.29) is 18.5 Å².